The van der Waals surface area contributed by atoms with Crippen LogP contribution in [0.2, 0.25) is 0 Å². The van der Waals surface area contributed by atoms with E-state index >= 15 is 0 Å². The van der Waals surface area contributed by atoms with Gasteiger partial charge >= 0.3 is 5.97 Å². The third kappa shape index (κ3) is 27.0. The summed E-state index contributed by atoms with van der Waals surface area (Å²) in [6, 6.07) is -4.88. The standard InChI is InChI=1S/C56H93N17O15S/c1-7-31(6)45(54(86)66-34(17-11-12-20-57)47(79)65-35(18-13-21-62-56(60)61)48(80)70-44(30(4)5)53(85)68-37(27-74)55(87)88)72-49(81)36(23-32-15-9-8-10-16-32)67-52(84)43(29(2)3)71-50(82)38(28-89)69-51(83)39-19-14-22-73(39)42(77)26-63-41(76)25-64-46(78)33(58)24-40(59)75/h8-10,15-16,29-31,33-39,43-45,74,89H,7,11-14,17-28,57-58H2,1-6H3,(H2,59,75)(H,63,76)(H,64,78)(H,65,79)(H,66,86)(H,67,84)(H,68,85)(H,69,83)(H,70,80)(H,71,82)(H,72,81)(H,87,88)(H4,60,61,62)/t31-,33-,34-,35-,36-,37-,38-,39-,43-,44-,45-/m0/s1. The molecular weight excluding hydrogens is 1180 g/mol. The summed E-state index contributed by atoms with van der Waals surface area (Å²) in [5.41, 5.74) is 28.0. The Morgan fingerprint density at radius 1 is 0.640 bits per heavy atom. The number of carboxylic acid groups (broad SMARTS) is 1. The normalized spacial score (nSPS) is 16.2. The van der Waals surface area contributed by atoms with Crippen molar-refractivity contribution in [2.75, 3.05) is 45.1 Å². The topological polar surface area (TPSA) is 528 Å². The highest BCUT2D eigenvalue weighted by Crippen LogP contribution is 2.19. The van der Waals surface area contributed by atoms with E-state index in [0.29, 0.717) is 31.2 Å². The number of rotatable bonds is 40. The molecule has 1 saturated heterocycles. The molecule has 1 aromatic rings. The van der Waals surface area contributed by atoms with E-state index in [4.69, 9.17) is 28.7 Å². The number of aliphatic carboxylic acids is 1. The lowest BCUT2D eigenvalue weighted by Gasteiger charge is -2.30. The first-order chi connectivity index (χ1) is 42.0. The summed E-state index contributed by atoms with van der Waals surface area (Å²) in [5.74, 6) is -13.5. The molecule has 0 saturated carbocycles. The number of thiol groups is 1. The fourth-order valence-electron chi connectivity index (χ4n) is 9.11. The van der Waals surface area contributed by atoms with Crippen molar-refractivity contribution in [2.24, 2.45) is 51.4 Å². The number of aliphatic hydroxyl groups excluding tert-OH is 1. The number of carbonyl (C=O) groups is 13. The van der Waals surface area contributed by atoms with Crippen LogP contribution in [-0.2, 0) is 68.7 Å². The molecule has 0 aromatic heterocycles. The SMILES string of the molecule is CC[C@H](C)[C@H](NC(=O)[C@H](Cc1ccccc1)NC(=O)[C@@H](NC(=O)[C@H](CS)NC(=O)[C@@H]1CCCN1C(=O)CNC(=O)CNC(=O)[C@@H](N)CC(N)=O)C(C)C)C(=O)N[C@@H](CCCCN)C(=O)N[C@@H](CCCN=C(N)N)C(=O)N[C@H](C(=O)N[C@@H](CO)C(=O)O)C(C)C. The average molecular weight is 1280 g/mol. The molecule has 1 aliphatic rings. The van der Waals surface area contributed by atoms with E-state index < -0.39 is 181 Å². The third-order valence-corrected chi connectivity index (χ3v) is 14.8. The number of primary amides is 1. The van der Waals surface area contributed by atoms with Crippen molar-refractivity contribution in [3.05, 3.63) is 35.9 Å². The minimum absolute atomic E-state index is 0.00413. The van der Waals surface area contributed by atoms with Crippen LogP contribution in [0.4, 0.5) is 0 Å². The maximum Gasteiger partial charge on any atom is 0.328 e. The zero-order chi connectivity index (χ0) is 67.1. The quantitative estimate of drug-likeness (QED) is 0.0126. The van der Waals surface area contributed by atoms with Crippen molar-refractivity contribution in [3.63, 3.8) is 0 Å². The molecule has 1 fully saturated rings. The molecule has 11 atom stereocenters. The van der Waals surface area contributed by atoms with Crippen LogP contribution >= 0.6 is 12.6 Å². The highest BCUT2D eigenvalue weighted by atomic mass is 32.1. The fourth-order valence-corrected chi connectivity index (χ4v) is 9.37. The number of nitrogens with zero attached hydrogens (tertiary/aromatic N) is 2. The van der Waals surface area contributed by atoms with E-state index in [9.17, 15) is 72.5 Å². The summed E-state index contributed by atoms with van der Waals surface area (Å²) in [7, 11) is 0. The number of hydrogen-bond donors (Lipinski definition) is 18. The zero-order valence-corrected chi connectivity index (χ0v) is 52.2. The maximum absolute atomic E-state index is 14.6. The summed E-state index contributed by atoms with van der Waals surface area (Å²) >= 11 is 4.29. The zero-order valence-electron chi connectivity index (χ0n) is 51.3. The van der Waals surface area contributed by atoms with Gasteiger partial charge in [0.05, 0.1) is 32.2 Å². The Hall–Kier alpha value is -8.17. The second-order valence-electron chi connectivity index (χ2n) is 22.3. The number of unbranched alkanes of at least 4 members (excludes halogenated alkanes) is 1. The number of guanidine groups is 1. The number of carbonyl (C=O) groups excluding carboxylic acids is 12. The van der Waals surface area contributed by atoms with Crippen LogP contribution in [0.5, 0.6) is 0 Å². The van der Waals surface area contributed by atoms with Crippen LogP contribution in [-0.4, -0.2) is 203 Å². The first-order valence-electron chi connectivity index (χ1n) is 29.5. The van der Waals surface area contributed by atoms with Crippen LogP contribution in [0.1, 0.15) is 105 Å². The predicted octanol–water partition coefficient (Wildman–Crippen LogP) is -5.92. The Morgan fingerprint density at radius 3 is 1.69 bits per heavy atom. The monoisotopic (exact) mass is 1280 g/mol. The number of aliphatic imine (C=N–C) groups is 1. The maximum atomic E-state index is 14.6. The van der Waals surface area contributed by atoms with Gasteiger partial charge in [-0.15, -0.1) is 0 Å². The first kappa shape index (κ1) is 76.9. The second-order valence-corrected chi connectivity index (χ2v) is 22.6. The Labute approximate surface area is 522 Å². The van der Waals surface area contributed by atoms with Gasteiger partial charge in [-0.05, 0) is 74.8 Å². The van der Waals surface area contributed by atoms with Crippen LogP contribution in [0, 0.1) is 17.8 Å². The fraction of sp³-hybridized carbons (Fsp3) is 0.643. The third-order valence-electron chi connectivity index (χ3n) is 14.5. The molecule has 2 rings (SSSR count). The predicted molar refractivity (Wildman–Crippen MR) is 329 cm³/mol. The highest BCUT2D eigenvalue weighted by Gasteiger charge is 2.39. The van der Waals surface area contributed by atoms with Gasteiger partial charge in [0.15, 0.2) is 5.96 Å². The van der Waals surface area contributed by atoms with Crippen molar-refractivity contribution >= 4 is 95.4 Å². The lowest BCUT2D eigenvalue weighted by molar-refractivity contribution is -0.143. The summed E-state index contributed by atoms with van der Waals surface area (Å²) in [5, 5.41) is 44.4. The number of carboxylic acids is 1. The molecule has 0 spiro atoms. The van der Waals surface area contributed by atoms with E-state index in [1.165, 1.54) is 4.90 Å². The Morgan fingerprint density at radius 2 is 1.16 bits per heavy atom. The molecule has 0 aliphatic carbocycles. The number of benzene rings is 1. The largest absolute Gasteiger partial charge is 0.480 e. The molecule has 0 radical (unpaired) electrons. The molecule has 33 heteroatoms. The smallest absolute Gasteiger partial charge is 0.328 e. The summed E-state index contributed by atoms with van der Waals surface area (Å²) in [4.78, 5) is 178. The number of nitrogens with two attached hydrogens (primary N) is 5. The second kappa shape index (κ2) is 39.7. The summed E-state index contributed by atoms with van der Waals surface area (Å²) in [6.45, 7) is 8.19. The van der Waals surface area contributed by atoms with Crippen LogP contribution in [0.15, 0.2) is 35.3 Å². The van der Waals surface area contributed by atoms with Gasteiger partial charge in [-0.2, -0.15) is 12.6 Å². The molecule has 1 heterocycles. The van der Waals surface area contributed by atoms with Gasteiger partial charge in [0.1, 0.15) is 54.4 Å². The Bertz CT molecular complexity index is 2610. The van der Waals surface area contributed by atoms with E-state index in [0.717, 1.165) is 0 Å². The Kier molecular flexibility index (Phi) is 34.3. The minimum atomic E-state index is -1.68. The van der Waals surface area contributed by atoms with Crippen molar-refractivity contribution in [1.82, 2.24) is 58.1 Å². The molecular formula is C56H93N17O15S. The van der Waals surface area contributed by atoms with E-state index in [2.05, 4.69) is 70.8 Å². The highest BCUT2D eigenvalue weighted by molar-refractivity contribution is 7.80. The molecule has 1 aromatic carbocycles. The van der Waals surface area contributed by atoms with Crippen molar-refractivity contribution < 1.29 is 72.5 Å². The molecule has 1 aliphatic heterocycles. The number of nitrogens with one attached hydrogen (secondary N) is 10. The number of aliphatic hydroxyl groups is 1. The van der Waals surface area contributed by atoms with Gasteiger partial charge in [0.25, 0.3) is 0 Å². The van der Waals surface area contributed by atoms with Crippen LogP contribution < -0.4 is 81.8 Å². The van der Waals surface area contributed by atoms with Crippen LogP contribution in [0.25, 0.3) is 0 Å². The summed E-state index contributed by atoms with van der Waals surface area (Å²) in [6.07, 6.45) is 1.16. The molecule has 22 N–H and O–H groups in total. The van der Waals surface area contributed by atoms with E-state index in [1.54, 1.807) is 71.9 Å². The molecule has 0 bridgehead atoms. The Balaban J connectivity index is 2.38. The summed E-state index contributed by atoms with van der Waals surface area (Å²) < 4.78 is 0. The average Bonchev–Trinajstić information content (AvgIpc) is 2.57. The van der Waals surface area contributed by atoms with Gasteiger partial charge in [-0.3, -0.25) is 62.5 Å². The van der Waals surface area contributed by atoms with Crippen molar-refractivity contribution in [1.29, 1.82) is 0 Å². The molecule has 0 unspecified atom stereocenters. The van der Waals surface area contributed by atoms with Gasteiger partial charge in [-0.1, -0.05) is 78.3 Å². The molecule has 498 valence electrons. The van der Waals surface area contributed by atoms with E-state index in [1.807, 2.05) is 0 Å². The van der Waals surface area contributed by atoms with E-state index in [-0.39, 0.29) is 63.5 Å². The first-order valence-corrected chi connectivity index (χ1v) is 30.2. The molecule has 32 nitrogen and oxygen atoms in total. The molecule has 12 amide bonds. The van der Waals surface area contributed by atoms with Gasteiger partial charge in [-0.25, -0.2) is 4.79 Å². The number of hydrogen-bond acceptors (Lipinski definition) is 18. The van der Waals surface area contributed by atoms with Crippen molar-refractivity contribution in [2.45, 2.75) is 166 Å². The van der Waals surface area contributed by atoms with Gasteiger partial charge in [0.2, 0.25) is 70.9 Å². The lowest BCUT2D eigenvalue weighted by Crippen LogP contribution is -2.62. The minimum Gasteiger partial charge on any atom is -0.480 e. The van der Waals surface area contributed by atoms with Gasteiger partial charge < -0.3 is 96.9 Å². The van der Waals surface area contributed by atoms with Crippen molar-refractivity contribution in [3.8, 4) is 0 Å². The van der Waals surface area contributed by atoms with Crippen LogP contribution in [0.3, 0.4) is 0 Å². The number of amides is 12. The lowest BCUT2D eigenvalue weighted by atomic mass is 9.96. The molecule has 89 heavy (non-hydrogen) atoms. The number of likely N-dealkylation sites (tertiary alicyclic amines) is 1. The van der Waals surface area contributed by atoms with Gasteiger partial charge in [0, 0.05) is 25.3 Å².